The highest BCUT2D eigenvalue weighted by atomic mass is 16.6. The van der Waals surface area contributed by atoms with Crippen molar-refractivity contribution in [2.24, 2.45) is 5.84 Å². The lowest BCUT2D eigenvalue weighted by Crippen LogP contribution is -2.29. The minimum Gasteiger partial charge on any atom is -0.492 e. The van der Waals surface area contributed by atoms with Crippen LogP contribution in [-0.4, -0.2) is 27.0 Å². The second-order valence-corrected chi connectivity index (χ2v) is 4.07. The zero-order chi connectivity index (χ0) is 15.2. The number of rotatable bonds is 6. The van der Waals surface area contributed by atoms with Gasteiger partial charge in [-0.25, -0.2) is 5.84 Å². The van der Waals surface area contributed by atoms with Gasteiger partial charge in [0.05, 0.1) is 6.54 Å². The van der Waals surface area contributed by atoms with Crippen molar-refractivity contribution >= 4 is 11.7 Å². The maximum atomic E-state index is 11.2. The molecule has 1 amide bonds. The molecule has 0 bridgehead atoms. The third kappa shape index (κ3) is 3.76. The molecule has 0 aliphatic rings. The van der Waals surface area contributed by atoms with Gasteiger partial charge in [0.2, 0.25) is 6.33 Å². The van der Waals surface area contributed by atoms with Crippen molar-refractivity contribution in [3.8, 4) is 5.75 Å². The van der Waals surface area contributed by atoms with E-state index in [2.05, 4.69) is 4.98 Å². The second-order valence-electron chi connectivity index (χ2n) is 4.07. The number of carbonyl (C=O) groups excluding carboxylic acids is 1. The smallest absolute Gasteiger partial charge is 0.381 e. The minimum atomic E-state index is -0.557. The van der Waals surface area contributed by atoms with E-state index in [-0.39, 0.29) is 11.7 Å². The van der Waals surface area contributed by atoms with Crippen LogP contribution in [0.15, 0.2) is 36.8 Å². The lowest BCUT2D eigenvalue weighted by molar-refractivity contribution is -0.389. The first-order valence-electron chi connectivity index (χ1n) is 6.00. The number of hydrogen-bond donors (Lipinski definition) is 2. The summed E-state index contributed by atoms with van der Waals surface area (Å²) in [6.07, 6.45) is 2.70. The summed E-state index contributed by atoms with van der Waals surface area (Å²) in [6, 6.07) is 6.45. The fraction of sp³-hybridized carbons (Fsp3) is 0.167. The Kier molecular flexibility index (Phi) is 4.46. The van der Waals surface area contributed by atoms with E-state index in [4.69, 9.17) is 10.6 Å². The number of hydrazine groups is 1. The monoisotopic (exact) mass is 291 g/mol. The van der Waals surface area contributed by atoms with Crippen molar-refractivity contribution in [2.45, 2.75) is 6.54 Å². The molecule has 1 heterocycles. The van der Waals surface area contributed by atoms with E-state index in [0.717, 1.165) is 0 Å². The molecule has 1 aromatic heterocycles. The average molecular weight is 291 g/mol. The van der Waals surface area contributed by atoms with Gasteiger partial charge in [0, 0.05) is 5.56 Å². The summed E-state index contributed by atoms with van der Waals surface area (Å²) in [6.45, 7) is 0.738. The molecular formula is C12H13N5O4. The Morgan fingerprint density at radius 2 is 2.14 bits per heavy atom. The molecule has 9 heteroatoms. The molecule has 0 saturated carbocycles. The molecule has 0 aliphatic carbocycles. The van der Waals surface area contributed by atoms with Crippen molar-refractivity contribution in [3.63, 3.8) is 0 Å². The molecule has 0 fully saturated rings. The molecule has 0 saturated heterocycles. The Morgan fingerprint density at radius 1 is 1.43 bits per heavy atom. The van der Waals surface area contributed by atoms with Crippen LogP contribution in [0.5, 0.6) is 5.75 Å². The van der Waals surface area contributed by atoms with Gasteiger partial charge in [-0.15, -0.1) is 0 Å². The minimum absolute atomic E-state index is 0.202. The first kappa shape index (κ1) is 14.5. The average Bonchev–Trinajstić information content (AvgIpc) is 2.96. The van der Waals surface area contributed by atoms with Crippen LogP contribution in [-0.2, 0) is 6.54 Å². The van der Waals surface area contributed by atoms with Crippen LogP contribution in [0.2, 0.25) is 0 Å². The molecule has 3 N–H and O–H groups in total. The number of amides is 1. The molecule has 110 valence electrons. The second kappa shape index (κ2) is 6.48. The third-order valence-electron chi connectivity index (χ3n) is 2.67. The molecular weight excluding hydrogens is 278 g/mol. The molecule has 0 aliphatic heterocycles. The summed E-state index contributed by atoms with van der Waals surface area (Å²) >= 11 is 0. The molecule has 2 rings (SSSR count). The highest BCUT2D eigenvalue weighted by Crippen LogP contribution is 2.12. The van der Waals surface area contributed by atoms with Crippen LogP contribution < -0.4 is 16.0 Å². The van der Waals surface area contributed by atoms with E-state index >= 15 is 0 Å². The van der Waals surface area contributed by atoms with E-state index in [1.165, 1.54) is 12.5 Å². The summed E-state index contributed by atoms with van der Waals surface area (Å²) in [4.78, 5) is 24.8. The van der Waals surface area contributed by atoms with E-state index in [9.17, 15) is 14.9 Å². The van der Waals surface area contributed by atoms with E-state index in [0.29, 0.717) is 24.5 Å². The van der Waals surface area contributed by atoms with Gasteiger partial charge in [-0.3, -0.25) is 10.2 Å². The first-order valence-corrected chi connectivity index (χ1v) is 6.00. The van der Waals surface area contributed by atoms with Gasteiger partial charge in [-0.2, -0.15) is 0 Å². The van der Waals surface area contributed by atoms with Crippen molar-refractivity contribution in [3.05, 3.63) is 52.5 Å². The predicted molar refractivity (Wildman–Crippen MR) is 72.5 cm³/mol. The van der Waals surface area contributed by atoms with E-state index in [1.807, 2.05) is 5.43 Å². The van der Waals surface area contributed by atoms with Gasteiger partial charge in [-0.05, 0) is 34.2 Å². The van der Waals surface area contributed by atoms with Crippen LogP contribution in [0.4, 0.5) is 5.82 Å². The molecule has 0 spiro atoms. The van der Waals surface area contributed by atoms with Crippen LogP contribution in [0.25, 0.3) is 0 Å². The largest absolute Gasteiger partial charge is 0.492 e. The quantitative estimate of drug-likeness (QED) is 0.345. The van der Waals surface area contributed by atoms with Gasteiger partial charge in [0.1, 0.15) is 18.6 Å². The highest BCUT2D eigenvalue weighted by Gasteiger charge is 2.09. The highest BCUT2D eigenvalue weighted by molar-refractivity contribution is 5.93. The number of ether oxygens (including phenoxy) is 1. The number of benzene rings is 1. The number of nitrogens with two attached hydrogens (primary N) is 1. The summed E-state index contributed by atoms with van der Waals surface area (Å²) in [5.41, 5.74) is 2.46. The number of carbonyl (C=O) groups is 1. The van der Waals surface area contributed by atoms with Crippen molar-refractivity contribution in [2.75, 3.05) is 6.61 Å². The van der Waals surface area contributed by atoms with Crippen LogP contribution in [0, 0.1) is 10.1 Å². The number of aromatic nitrogens is 2. The zero-order valence-electron chi connectivity index (χ0n) is 10.9. The maximum absolute atomic E-state index is 11.2. The number of nitrogen functional groups attached to an aromatic ring is 1. The Balaban J connectivity index is 1.85. The van der Waals surface area contributed by atoms with E-state index < -0.39 is 4.92 Å². The molecule has 2 aromatic rings. The number of nitro groups is 1. The summed E-state index contributed by atoms with van der Waals surface area (Å²) in [7, 11) is 0. The summed E-state index contributed by atoms with van der Waals surface area (Å²) < 4.78 is 7.03. The topological polar surface area (TPSA) is 125 Å². The first-order chi connectivity index (χ1) is 10.1. The Bertz CT molecular complexity index is 637. The van der Waals surface area contributed by atoms with Gasteiger partial charge in [0.15, 0.2) is 0 Å². The Morgan fingerprint density at radius 3 is 2.71 bits per heavy atom. The fourth-order valence-corrected chi connectivity index (χ4v) is 1.62. The Labute approximate surface area is 119 Å². The number of imidazole rings is 1. The van der Waals surface area contributed by atoms with Gasteiger partial charge >= 0.3 is 5.82 Å². The molecule has 1 aromatic carbocycles. The SMILES string of the molecule is NNC(=O)c1ccc(OCCn2cnc([N+](=O)[O-])c2)cc1. The zero-order valence-corrected chi connectivity index (χ0v) is 10.9. The third-order valence-corrected chi connectivity index (χ3v) is 2.67. The fourth-order valence-electron chi connectivity index (χ4n) is 1.62. The molecule has 0 unspecified atom stereocenters. The van der Waals surface area contributed by atoms with Crippen LogP contribution >= 0.6 is 0 Å². The van der Waals surface area contributed by atoms with Crippen LogP contribution in [0.1, 0.15) is 10.4 Å². The van der Waals surface area contributed by atoms with E-state index in [1.54, 1.807) is 28.8 Å². The number of nitrogens with one attached hydrogen (secondary N) is 1. The Hall–Kier alpha value is -2.94. The van der Waals surface area contributed by atoms with Crippen LogP contribution in [0.3, 0.4) is 0 Å². The molecule has 9 nitrogen and oxygen atoms in total. The van der Waals surface area contributed by atoms with Crippen molar-refractivity contribution < 1.29 is 14.5 Å². The lowest BCUT2D eigenvalue weighted by atomic mass is 10.2. The predicted octanol–water partition coefficient (Wildman–Crippen LogP) is 0.474. The molecule has 0 atom stereocenters. The standard InChI is InChI=1S/C12H13N5O4/c13-15-12(18)9-1-3-10(4-2-9)21-6-5-16-7-11(14-8-16)17(19)20/h1-4,7-8H,5-6,13H2,(H,15,18). The normalized spacial score (nSPS) is 10.1. The molecule has 21 heavy (non-hydrogen) atoms. The summed E-state index contributed by atoms with van der Waals surface area (Å²) in [5.74, 6) is 5.02. The van der Waals surface area contributed by atoms with Gasteiger partial charge in [-0.1, -0.05) is 0 Å². The summed E-state index contributed by atoms with van der Waals surface area (Å²) in [5, 5.41) is 10.5. The van der Waals surface area contributed by atoms with Gasteiger partial charge < -0.3 is 19.4 Å². The number of hydrogen-bond acceptors (Lipinski definition) is 6. The maximum Gasteiger partial charge on any atom is 0.381 e. The van der Waals surface area contributed by atoms with Gasteiger partial charge in [0.25, 0.3) is 5.91 Å². The lowest BCUT2D eigenvalue weighted by Gasteiger charge is -2.06. The van der Waals surface area contributed by atoms with Crippen molar-refractivity contribution in [1.29, 1.82) is 0 Å². The number of nitrogens with zero attached hydrogens (tertiary/aromatic N) is 3. The van der Waals surface area contributed by atoms with Crippen molar-refractivity contribution in [1.82, 2.24) is 15.0 Å². The molecule has 0 radical (unpaired) electrons.